The molecule has 0 atom stereocenters. The second-order valence-corrected chi connectivity index (χ2v) is 6.32. The fourth-order valence-electron chi connectivity index (χ4n) is 2.96. The zero-order valence-corrected chi connectivity index (χ0v) is 14.4. The molecule has 1 aromatic carbocycles. The summed E-state index contributed by atoms with van der Waals surface area (Å²) in [6, 6.07) is 7.49. The van der Waals surface area contributed by atoms with Crippen LogP contribution in [0.2, 0.25) is 0 Å². The van der Waals surface area contributed by atoms with Crippen molar-refractivity contribution in [1.29, 1.82) is 0 Å². The Kier molecular flexibility index (Phi) is 5.11. The smallest absolute Gasteiger partial charge is 0.319 e. The molecule has 0 bridgehead atoms. The molecule has 132 valence electrons. The molecule has 0 radical (unpaired) electrons. The van der Waals surface area contributed by atoms with E-state index in [0.29, 0.717) is 5.69 Å². The van der Waals surface area contributed by atoms with E-state index in [1.165, 1.54) is 24.3 Å². The van der Waals surface area contributed by atoms with Gasteiger partial charge in [0, 0.05) is 36.2 Å². The van der Waals surface area contributed by atoms with Crippen molar-refractivity contribution in [2.75, 3.05) is 23.3 Å². The monoisotopic (exact) mass is 343 g/mol. The molecule has 2 aromatic rings. The first kappa shape index (κ1) is 17.1. The van der Waals surface area contributed by atoms with E-state index in [9.17, 15) is 9.18 Å². The van der Waals surface area contributed by atoms with Crippen molar-refractivity contribution >= 4 is 17.7 Å². The fraction of sp³-hybridized carbons (Fsp3) is 0.389. The number of amides is 2. The second-order valence-electron chi connectivity index (χ2n) is 6.32. The predicted molar refractivity (Wildman–Crippen MR) is 95.3 cm³/mol. The van der Waals surface area contributed by atoms with Crippen molar-refractivity contribution in [3.8, 4) is 0 Å². The van der Waals surface area contributed by atoms with Gasteiger partial charge in [-0.3, -0.25) is 0 Å². The Labute approximate surface area is 146 Å². The lowest BCUT2D eigenvalue weighted by atomic mass is 10.1. The van der Waals surface area contributed by atoms with Gasteiger partial charge < -0.3 is 15.5 Å². The number of rotatable bonds is 3. The van der Waals surface area contributed by atoms with Crippen molar-refractivity contribution in [3.63, 3.8) is 0 Å². The van der Waals surface area contributed by atoms with Crippen LogP contribution >= 0.6 is 0 Å². The zero-order valence-electron chi connectivity index (χ0n) is 14.4. The summed E-state index contributed by atoms with van der Waals surface area (Å²) in [7, 11) is 0. The molecule has 25 heavy (non-hydrogen) atoms. The molecular weight excluding hydrogens is 321 g/mol. The number of nitrogens with one attached hydrogen (secondary N) is 2. The van der Waals surface area contributed by atoms with E-state index in [4.69, 9.17) is 0 Å². The van der Waals surface area contributed by atoms with Crippen molar-refractivity contribution < 1.29 is 9.18 Å². The van der Waals surface area contributed by atoms with Crippen LogP contribution in [0, 0.1) is 19.7 Å². The molecule has 3 rings (SSSR count). The number of carbonyl (C=O) groups is 1. The number of hydrogen-bond donors (Lipinski definition) is 2. The van der Waals surface area contributed by atoms with Crippen LogP contribution in [-0.4, -0.2) is 35.1 Å². The van der Waals surface area contributed by atoms with E-state index < -0.39 is 0 Å². The molecule has 2 amide bonds. The summed E-state index contributed by atoms with van der Waals surface area (Å²) in [5.74, 6) is 0.429. The molecule has 1 aromatic heterocycles. The summed E-state index contributed by atoms with van der Waals surface area (Å²) in [5, 5.41) is 5.68. The molecule has 1 aliphatic heterocycles. The van der Waals surface area contributed by atoms with E-state index in [1.807, 2.05) is 19.9 Å². The van der Waals surface area contributed by atoms with Crippen molar-refractivity contribution in [2.24, 2.45) is 0 Å². The molecule has 1 saturated heterocycles. The van der Waals surface area contributed by atoms with Crippen LogP contribution in [0.1, 0.15) is 24.2 Å². The minimum absolute atomic E-state index is 0.0996. The van der Waals surface area contributed by atoms with Gasteiger partial charge in [0.1, 0.15) is 5.82 Å². The maximum absolute atomic E-state index is 12.9. The number of anilines is 2. The first-order valence-electron chi connectivity index (χ1n) is 8.40. The van der Waals surface area contributed by atoms with Gasteiger partial charge in [0.15, 0.2) is 0 Å². The van der Waals surface area contributed by atoms with Gasteiger partial charge in [-0.05, 0) is 57.0 Å². The molecule has 1 aliphatic rings. The third-order valence-electron chi connectivity index (χ3n) is 4.19. The van der Waals surface area contributed by atoms with Crippen LogP contribution in [0.15, 0.2) is 30.3 Å². The fourth-order valence-corrected chi connectivity index (χ4v) is 2.96. The molecule has 7 heteroatoms. The number of urea groups is 1. The van der Waals surface area contributed by atoms with Gasteiger partial charge in [0.05, 0.1) is 0 Å². The highest BCUT2D eigenvalue weighted by Gasteiger charge is 2.22. The van der Waals surface area contributed by atoms with E-state index in [1.54, 1.807) is 0 Å². The van der Waals surface area contributed by atoms with Crippen LogP contribution in [0.3, 0.4) is 0 Å². The van der Waals surface area contributed by atoms with Gasteiger partial charge >= 0.3 is 6.03 Å². The number of benzene rings is 1. The Bertz CT molecular complexity index is 721. The SMILES string of the molecule is Cc1cc(C)nc(N2CCC(NC(=O)Nc3ccc(F)cc3)CC2)n1. The van der Waals surface area contributed by atoms with Crippen LogP contribution in [0.4, 0.5) is 20.8 Å². The largest absolute Gasteiger partial charge is 0.341 e. The normalized spacial score (nSPS) is 15.1. The van der Waals surface area contributed by atoms with Crippen LogP contribution in [0.25, 0.3) is 0 Å². The highest BCUT2D eigenvalue weighted by molar-refractivity contribution is 5.89. The Hall–Kier alpha value is -2.70. The standard InChI is InChI=1S/C18H22FN5O/c1-12-11-13(2)21-17(20-12)24-9-7-16(8-10-24)23-18(25)22-15-5-3-14(19)4-6-15/h3-6,11,16H,7-10H2,1-2H3,(H2,22,23,25). The molecule has 0 aliphatic carbocycles. The van der Waals surface area contributed by atoms with Gasteiger partial charge in [-0.2, -0.15) is 0 Å². The molecule has 2 heterocycles. The number of nitrogens with zero attached hydrogens (tertiary/aromatic N) is 3. The van der Waals surface area contributed by atoms with Gasteiger partial charge in [-0.1, -0.05) is 0 Å². The van der Waals surface area contributed by atoms with E-state index >= 15 is 0 Å². The number of carbonyl (C=O) groups excluding carboxylic acids is 1. The average molecular weight is 343 g/mol. The molecule has 0 spiro atoms. The molecule has 1 fully saturated rings. The first-order chi connectivity index (χ1) is 12.0. The van der Waals surface area contributed by atoms with Crippen LogP contribution < -0.4 is 15.5 Å². The summed E-state index contributed by atoms with van der Waals surface area (Å²) >= 11 is 0. The maximum atomic E-state index is 12.9. The minimum atomic E-state index is -0.327. The zero-order chi connectivity index (χ0) is 17.8. The first-order valence-corrected chi connectivity index (χ1v) is 8.40. The minimum Gasteiger partial charge on any atom is -0.341 e. The highest BCUT2D eigenvalue weighted by atomic mass is 19.1. The highest BCUT2D eigenvalue weighted by Crippen LogP contribution is 2.17. The van der Waals surface area contributed by atoms with Crippen molar-refractivity contribution in [3.05, 3.63) is 47.5 Å². The second kappa shape index (κ2) is 7.46. The Morgan fingerprint density at radius 2 is 1.72 bits per heavy atom. The lowest BCUT2D eigenvalue weighted by Gasteiger charge is -2.32. The summed E-state index contributed by atoms with van der Waals surface area (Å²) in [4.78, 5) is 23.2. The van der Waals surface area contributed by atoms with Gasteiger partial charge in [-0.15, -0.1) is 0 Å². The summed E-state index contributed by atoms with van der Waals surface area (Å²) < 4.78 is 12.9. The molecule has 2 N–H and O–H groups in total. The van der Waals surface area contributed by atoms with Crippen LogP contribution in [-0.2, 0) is 0 Å². The van der Waals surface area contributed by atoms with E-state index in [2.05, 4.69) is 25.5 Å². The molecular formula is C18H22FN5O. The van der Waals surface area contributed by atoms with E-state index in [0.717, 1.165) is 43.3 Å². The maximum Gasteiger partial charge on any atom is 0.319 e. The van der Waals surface area contributed by atoms with Crippen molar-refractivity contribution in [2.45, 2.75) is 32.7 Å². The number of aromatic nitrogens is 2. The summed E-state index contributed by atoms with van der Waals surface area (Å²) in [6.07, 6.45) is 1.65. The lowest BCUT2D eigenvalue weighted by Crippen LogP contribution is -2.46. The lowest BCUT2D eigenvalue weighted by molar-refractivity contribution is 0.246. The van der Waals surface area contributed by atoms with Crippen molar-refractivity contribution in [1.82, 2.24) is 15.3 Å². The predicted octanol–water partition coefficient (Wildman–Crippen LogP) is 3.02. The van der Waals surface area contributed by atoms with Gasteiger partial charge in [0.2, 0.25) is 5.95 Å². The summed E-state index contributed by atoms with van der Waals surface area (Å²) in [5.41, 5.74) is 2.49. The molecule has 6 nitrogen and oxygen atoms in total. The van der Waals surface area contributed by atoms with Gasteiger partial charge in [-0.25, -0.2) is 19.2 Å². The molecule has 0 unspecified atom stereocenters. The Morgan fingerprint density at radius 3 is 2.32 bits per heavy atom. The van der Waals surface area contributed by atoms with Crippen LogP contribution in [0.5, 0.6) is 0 Å². The quantitative estimate of drug-likeness (QED) is 0.899. The third kappa shape index (κ3) is 4.65. The Balaban J connectivity index is 1.50. The molecule has 0 saturated carbocycles. The average Bonchev–Trinajstić information content (AvgIpc) is 2.57. The number of hydrogen-bond acceptors (Lipinski definition) is 4. The number of aryl methyl sites for hydroxylation is 2. The van der Waals surface area contributed by atoms with Gasteiger partial charge in [0.25, 0.3) is 0 Å². The Morgan fingerprint density at radius 1 is 1.12 bits per heavy atom. The number of piperidine rings is 1. The summed E-state index contributed by atoms with van der Waals surface area (Å²) in [6.45, 7) is 5.52. The topological polar surface area (TPSA) is 70.2 Å². The third-order valence-corrected chi connectivity index (χ3v) is 4.19. The van der Waals surface area contributed by atoms with E-state index in [-0.39, 0.29) is 17.9 Å². The number of halogens is 1.